The molecule has 0 bridgehead atoms. The van der Waals surface area contributed by atoms with E-state index in [0.29, 0.717) is 0 Å². The molecule has 0 atom stereocenters. The van der Waals surface area contributed by atoms with Crippen LogP contribution in [0.5, 0.6) is 5.75 Å². The Morgan fingerprint density at radius 1 is 1.23 bits per heavy atom. The normalized spacial score (nSPS) is 17.0. The van der Waals surface area contributed by atoms with E-state index in [-0.39, 0.29) is 22.4 Å². The van der Waals surface area contributed by atoms with Gasteiger partial charge in [-0.25, -0.2) is 13.1 Å². The van der Waals surface area contributed by atoms with Crippen LogP contribution in [0.2, 0.25) is 0 Å². The third-order valence-corrected chi connectivity index (χ3v) is 5.37. The van der Waals surface area contributed by atoms with Crippen molar-refractivity contribution in [1.82, 2.24) is 4.72 Å². The molecule has 1 saturated carbocycles. The molecule has 1 aliphatic carbocycles. The molecule has 1 aromatic carbocycles. The molecule has 0 radical (unpaired) electrons. The van der Waals surface area contributed by atoms with E-state index in [4.69, 9.17) is 4.74 Å². The smallest absolute Gasteiger partial charge is 0.271 e. The molecule has 0 unspecified atom stereocenters. The molecule has 1 aliphatic rings. The number of ether oxygens (including phenoxy) is 1. The van der Waals surface area contributed by atoms with Crippen LogP contribution in [0, 0.1) is 10.1 Å². The molecule has 22 heavy (non-hydrogen) atoms. The summed E-state index contributed by atoms with van der Waals surface area (Å²) in [5, 5.41) is 10.9. The number of nitro groups is 1. The number of non-ortho nitro benzene ring substituents is 1. The molecule has 1 N–H and O–H groups in total. The Kier molecular flexibility index (Phi) is 5.36. The molecule has 1 aromatic rings. The first-order valence-electron chi connectivity index (χ1n) is 7.29. The largest absolute Gasteiger partial charge is 0.495 e. The first kappa shape index (κ1) is 16.7. The predicted molar refractivity (Wildman–Crippen MR) is 81.5 cm³/mol. The van der Waals surface area contributed by atoms with Gasteiger partial charge in [-0.2, -0.15) is 0 Å². The van der Waals surface area contributed by atoms with Gasteiger partial charge in [0.2, 0.25) is 10.0 Å². The van der Waals surface area contributed by atoms with E-state index in [2.05, 4.69) is 4.72 Å². The summed E-state index contributed by atoms with van der Waals surface area (Å²) in [6.45, 7) is 0. The number of hydrogen-bond acceptors (Lipinski definition) is 5. The predicted octanol–water partition coefficient (Wildman–Crippen LogP) is 2.60. The van der Waals surface area contributed by atoms with E-state index in [1.807, 2.05) is 0 Å². The molecule has 1 fully saturated rings. The van der Waals surface area contributed by atoms with Crippen molar-refractivity contribution in [3.8, 4) is 5.75 Å². The van der Waals surface area contributed by atoms with Crippen LogP contribution in [-0.2, 0) is 10.0 Å². The van der Waals surface area contributed by atoms with Crippen LogP contribution < -0.4 is 9.46 Å². The topological polar surface area (TPSA) is 98.5 Å². The first-order valence-corrected chi connectivity index (χ1v) is 8.77. The average molecular weight is 328 g/mol. The van der Waals surface area contributed by atoms with E-state index < -0.39 is 14.9 Å². The SMILES string of the molecule is COc1ccc([N+](=O)[O-])cc1S(=O)(=O)NC1CCCCCC1. The van der Waals surface area contributed by atoms with Crippen molar-refractivity contribution in [2.24, 2.45) is 0 Å². The van der Waals surface area contributed by atoms with Crippen molar-refractivity contribution in [3.63, 3.8) is 0 Å². The summed E-state index contributed by atoms with van der Waals surface area (Å²) in [4.78, 5) is 10.1. The highest BCUT2D eigenvalue weighted by Gasteiger charge is 2.26. The molecular weight excluding hydrogens is 308 g/mol. The molecular formula is C14H20N2O5S. The number of hydrogen-bond donors (Lipinski definition) is 1. The Bertz CT molecular complexity index is 637. The van der Waals surface area contributed by atoms with Gasteiger partial charge < -0.3 is 4.74 Å². The minimum absolute atomic E-state index is 0.103. The summed E-state index contributed by atoms with van der Waals surface area (Å²) in [6, 6.07) is 3.44. The fourth-order valence-electron chi connectivity index (χ4n) is 2.67. The molecule has 0 saturated heterocycles. The molecule has 0 amide bonds. The molecule has 0 aliphatic heterocycles. The van der Waals surface area contributed by atoms with Crippen molar-refractivity contribution in [2.45, 2.75) is 49.5 Å². The van der Waals surface area contributed by atoms with Crippen LogP contribution >= 0.6 is 0 Å². The standard InChI is InChI=1S/C14H20N2O5S/c1-21-13-9-8-12(16(17)18)10-14(13)22(19,20)15-11-6-4-2-3-5-7-11/h8-11,15H,2-7H2,1H3. The number of sulfonamides is 1. The second-order valence-electron chi connectivity index (χ2n) is 5.40. The van der Waals surface area contributed by atoms with Crippen molar-refractivity contribution in [2.75, 3.05) is 7.11 Å². The minimum Gasteiger partial charge on any atom is -0.495 e. The van der Waals surface area contributed by atoms with Gasteiger partial charge in [0.25, 0.3) is 5.69 Å². The average Bonchev–Trinajstić information content (AvgIpc) is 2.74. The highest BCUT2D eigenvalue weighted by molar-refractivity contribution is 7.89. The van der Waals surface area contributed by atoms with E-state index >= 15 is 0 Å². The molecule has 2 rings (SSSR count). The van der Waals surface area contributed by atoms with Gasteiger partial charge in [-0.1, -0.05) is 25.7 Å². The molecule has 7 nitrogen and oxygen atoms in total. The second-order valence-corrected chi connectivity index (χ2v) is 7.08. The second kappa shape index (κ2) is 7.06. The minimum atomic E-state index is -3.85. The summed E-state index contributed by atoms with van der Waals surface area (Å²) in [6.07, 6.45) is 5.77. The molecule has 122 valence electrons. The summed E-state index contributed by atoms with van der Waals surface area (Å²) in [7, 11) is -2.52. The Balaban J connectivity index is 2.30. The van der Waals surface area contributed by atoms with Crippen LogP contribution in [0.4, 0.5) is 5.69 Å². The maximum absolute atomic E-state index is 12.6. The number of nitrogens with one attached hydrogen (secondary N) is 1. The Morgan fingerprint density at radius 3 is 2.41 bits per heavy atom. The Labute approximate surface area is 129 Å². The maximum atomic E-state index is 12.6. The molecule has 0 aromatic heterocycles. The Hall–Kier alpha value is -1.67. The van der Waals surface area contributed by atoms with Gasteiger partial charge in [-0.05, 0) is 18.9 Å². The number of rotatable bonds is 5. The fourth-order valence-corrected chi connectivity index (χ4v) is 4.16. The molecule has 0 heterocycles. The quantitative estimate of drug-likeness (QED) is 0.509. The van der Waals surface area contributed by atoms with Crippen LogP contribution in [0.25, 0.3) is 0 Å². The monoisotopic (exact) mass is 328 g/mol. The number of nitrogens with zero attached hydrogens (tertiary/aromatic N) is 1. The van der Waals surface area contributed by atoms with Crippen molar-refractivity contribution in [1.29, 1.82) is 0 Å². The van der Waals surface area contributed by atoms with E-state index in [0.717, 1.165) is 44.6 Å². The van der Waals surface area contributed by atoms with E-state index in [1.165, 1.54) is 19.2 Å². The van der Waals surface area contributed by atoms with Crippen molar-refractivity contribution in [3.05, 3.63) is 28.3 Å². The van der Waals surface area contributed by atoms with Gasteiger partial charge in [-0.15, -0.1) is 0 Å². The zero-order valence-corrected chi connectivity index (χ0v) is 13.3. The fraction of sp³-hybridized carbons (Fsp3) is 0.571. The number of methoxy groups -OCH3 is 1. The van der Waals surface area contributed by atoms with Crippen LogP contribution in [-0.4, -0.2) is 26.5 Å². The summed E-state index contributed by atoms with van der Waals surface area (Å²) < 4.78 is 32.8. The van der Waals surface area contributed by atoms with Gasteiger partial charge in [0.1, 0.15) is 10.6 Å². The van der Waals surface area contributed by atoms with Gasteiger partial charge in [0.15, 0.2) is 0 Å². The lowest BCUT2D eigenvalue weighted by Crippen LogP contribution is -2.34. The first-order chi connectivity index (χ1) is 10.4. The summed E-state index contributed by atoms with van der Waals surface area (Å²) >= 11 is 0. The van der Waals surface area contributed by atoms with Gasteiger partial charge in [-0.3, -0.25) is 10.1 Å². The highest BCUT2D eigenvalue weighted by atomic mass is 32.2. The lowest BCUT2D eigenvalue weighted by Gasteiger charge is -2.17. The zero-order valence-electron chi connectivity index (χ0n) is 12.4. The third kappa shape index (κ3) is 3.95. The Morgan fingerprint density at radius 2 is 1.86 bits per heavy atom. The van der Waals surface area contributed by atoms with E-state index in [1.54, 1.807) is 0 Å². The van der Waals surface area contributed by atoms with Crippen LogP contribution in [0.1, 0.15) is 38.5 Å². The van der Waals surface area contributed by atoms with Gasteiger partial charge in [0, 0.05) is 18.2 Å². The summed E-state index contributed by atoms with van der Waals surface area (Å²) in [5.74, 6) is 0.103. The number of nitro benzene ring substituents is 1. The van der Waals surface area contributed by atoms with Crippen molar-refractivity contribution >= 4 is 15.7 Å². The van der Waals surface area contributed by atoms with E-state index in [9.17, 15) is 18.5 Å². The summed E-state index contributed by atoms with van der Waals surface area (Å²) in [5.41, 5.74) is -0.276. The zero-order chi connectivity index (χ0) is 16.2. The molecule has 0 spiro atoms. The lowest BCUT2D eigenvalue weighted by atomic mass is 10.1. The van der Waals surface area contributed by atoms with Crippen molar-refractivity contribution < 1.29 is 18.1 Å². The van der Waals surface area contributed by atoms with Gasteiger partial charge >= 0.3 is 0 Å². The maximum Gasteiger partial charge on any atom is 0.271 e. The third-order valence-electron chi connectivity index (χ3n) is 3.82. The van der Waals surface area contributed by atoms with Gasteiger partial charge in [0.05, 0.1) is 12.0 Å². The van der Waals surface area contributed by atoms with Crippen LogP contribution in [0.15, 0.2) is 23.1 Å². The molecule has 8 heteroatoms. The lowest BCUT2D eigenvalue weighted by molar-refractivity contribution is -0.385. The van der Waals surface area contributed by atoms with Crippen LogP contribution in [0.3, 0.4) is 0 Å². The number of benzene rings is 1. The highest BCUT2D eigenvalue weighted by Crippen LogP contribution is 2.29.